The Morgan fingerprint density at radius 1 is 0.972 bits per heavy atom. The van der Waals surface area contributed by atoms with Crippen LogP contribution >= 0.6 is 0 Å². The number of nitrogens with two attached hydrogens (primary N) is 1. The van der Waals surface area contributed by atoms with Crippen LogP contribution in [0.15, 0.2) is 35.5 Å². The third-order valence-corrected chi connectivity index (χ3v) is 8.80. The highest BCUT2D eigenvalue weighted by Crippen LogP contribution is 2.27. The van der Waals surface area contributed by atoms with Crippen molar-refractivity contribution in [3.05, 3.63) is 30.6 Å². The molecule has 194 valence electrons. The van der Waals surface area contributed by atoms with Crippen LogP contribution in [-0.2, 0) is 16.6 Å². The van der Waals surface area contributed by atoms with E-state index in [0.29, 0.717) is 17.3 Å². The molecule has 0 unspecified atom stereocenters. The molecule has 2 saturated carbocycles. The molecular formula is C25H36N8O2S. The normalized spacial score (nSPS) is 21.5. The lowest BCUT2D eigenvalue weighted by Gasteiger charge is -2.26. The smallest absolute Gasteiger partial charge is 0.240 e. The summed E-state index contributed by atoms with van der Waals surface area (Å²) < 4.78 is 30.6. The average molecular weight is 513 g/mol. The van der Waals surface area contributed by atoms with Crippen molar-refractivity contribution in [2.75, 3.05) is 10.6 Å². The van der Waals surface area contributed by atoms with Crippen LogP contribution in [-0.4, -0.2) is 46.1 Å². The monoisotopic (exact) mass is 512 g/mol. The summed E-state index contributed by atoms with van der Waals surface area (Å²) in [6, 6.07) is 7.35. The van der Waals surface area contributed by atoms with Crippen LogP contribution in [0.2, 0.25) is 0 Å². The highest BCUT2D eigenvalue weighted by atomic mass is 32.2. The van der Waals surface area contributed by atoms with Crippen LogP contribution in [0.4, 0.5) is 17.5 Å². The Bertz CT molecular complexity index is 1280. The Labute approximate surface area is 212 Å². The summed E-state index contributed by atoms with van der Waals surface area (Å²) in [6.07, 6.45) is 10.8. The van der Waals surface area contributed by atoms with E-state index in [0.717, 1.165) is 69.2 Å². The minimum atomic E-state index is -3.55. The van der Waals surface area contributed by atoms with Crippen molar-refractivity contribution < 1.29 is 8.42 Å². The van der Waals surface area contributed by atoms with E-state index in [2.05, 4.69) is 20.3 Å². The quantitative estimate of drug-likeness (QED) is 0.356. The minimum absolute atomic E-state index is 0.0235. The van der Waals surface area contributed by atoms with Crippen molar-refractivity contribution in [1.29, 1.82) is 0 Å². The van der Waals surface area contributed by atoms with Gasteiger partial charge in [0, 0.05) is 30.4 Å². The average Bonchev–Trinajstić information content (AvgIpc) is 3.29. The number of fused-ring (bicyclic) bond motifs is 1. The maximum absolute atomic E-state index is 12.9. The minimum Gasteiger partial charge on any atom is -0.351 e. The van der Waals surface area contributed by atoms with E-state index in [4.69, 9.17) is 15.7 Å². The van der Waals surface area contributed by atoms with E-state index < -0.39 is 10.0 Å². The van der Waals surface area contributed by atoms with Crippen LogP contribution < -0.4 is 21.1 Å². The first-order chi connectivity index (χ1) is 17.4. The Kier molecular flexibility index (Phi) is 7.40. The van der Waals surface area contributed by atoms with E-state index in [-0.39, 0.29) is 23.0 Å². The highest BCUT2D eigenvalue weighted by molar-refractivity contribution is 7.89. The Morgan fingerprint density at radius 3 is 2.39 bits per heavy atom. The van der Waals surface area contributed by atoms with Gasteiger partial charge < -0.3 is 20.9 Å². The number of nitrogens with zero attached hydrogens (tertiary/aromatic N) is 4. The molecule has 0 aliphatic heterocycles. The number of rotatable bonds is 8. The first-order valence-electron chi connectivity index (χ1n) is 13.1. The number of imidazole rings is 1. The molecule has 1 aromatic carbocycles. The molecule has 0 saturated heterocycles. The molecule has 0 radical (unpaired) electrons. The van der Waals surface area contributed by atoms with Gasteiger partial charge in [-0.1, -0.05) is 19.3 Å². The second kappa shape index (κ2) is 10.7. The van der Waals surface area contributed by atoms with Crippen LogP contribution in [0.1, 0.15) is 64.7 Å². The summed E-state index contributed by atoms with van der Waals surface area (Å²) in [6.45, 7) is 2.79. The SMILES string of the molecule is CCn1cnc2c(Nc3ccc(S(=O)(=O)NC4CCCCC4)cc3)nc(N[C@H]3CC[C@H](N)CC3)nc21. The number of hydrogen-bond donors (Lipinski definition) is 4. The first-order valence-corrected chi connectivity index (χ1v) is 14.5. The van der Waals surface area contributed by atoms with E-state index >= 15 is 0 Å². The number of hydrogen-bond acceptors (Lipinski definition) is 8. The van der Waals surface area contributed by atoms with Crippen LogP contribution in [0.3, 0.4) is 0 Å². The maximum atomic E-state index is 12.9. The summed E-state index contributed by atoms with van der Waals surface area (Å²) in [7, 11) is -3.55. The molecule has 2 aliphatic carbocycles. The maximum Gasteiger partial charge on any atom is 0.240 e. The van der Waals surface area contributed by atoms with Gasteiger partial charge in [-0.05, 0) is 69.7 Å². The first kappa shape index (κ1) is 24.9. The van der Waals surface area contributed by atoms with Gasteiger partial charge in [0.15, 0.2) is 17.0 Å². The second-order valence-electron chi connectivity index (χ2n) is 9.96. The number of aromatic nitrogens is 4. The molecule has 5 rings (SSSR count). The van der Waals surface area contributed by atoms with Gasteiger partial charge in [-0.3, -0.25) is 0 Å². The van der Waals surface area contributed by atoms with E-state index in [9.17, 15) is 8.42 Å². The highest BCUT2D eigenvalue weighted by Gasteiger charge is 2.23. The molecule has 10 nitrogen and oxygen atoms in total. The molecule has 36 heavy (non-hydrogen) atoms. The van der Waals surface area contributed by atoms with Crippen LogP contribution in [0, 0.1) is 0 Å². The molecule has 0 amide bonds. The molecule has 0 atom stereocenters. The fraction of sp³-hybridized carbons (Fsp3) is 0.560. The van der Waals surface area contributed by atoms with Crippen molar-refractivity contribution in [3.63, 3.8) is 0 Å². The van der Waals surface area contributed by atoms with Gasteiger partial charge in [0.25, 0.3) is 0 Å². The molecule has 2 aliphatic rings. The third-order valence-electron chi connectivity index (χ3n) is 7.26. The molecule has 3 aromatic rings. The fourth-order valence-electron chi connectivity index (χ4n) is 5.14. The zero-order valence-corrected chi connectivity index (χ0v) is 21.6. The summed E-state index contributed by atoms with van der Waals surface area (Å²) >= 11 is 0. The molecule has 2 aromatic heterocycles. The lowest BCUT2D eigenvalue weighted by atomic mass is 9.92. The molecule has 0 bridgehead atoms. The molecule has 2 heterocycles. The van der Waals surface area contributed by atoms with E-state index in [1.165, 1.54) is 6.42 Å². The summed E-state index contributed by atoms with van der Waals surface area (Å²) in [5.41, 5.74) is 8.21. The van der Waals surface area contributed by atoms with Gasteiger partial charge in [0.05, 0.1) is 11.2 Å². The number of benzene rings is 1. The topological polar surface area (TPSA) is 140 Å². The van der Waals surface area contributed by atoms with Crippen molar-refractivity contribution in [2.24, 2.45) is 5.73 Å². The Hall–Kier alpha value is -2.76. The van der Waals surface area contributed by atoms with Crippen LogP contribution in [0.5, 0.6) is 0 Å². The van der Waals surface area contributed by atoms with Gasteiger partial charge >= 0.3 is 0 Å². The molecule has 2 fully saturated rings. The fourth-order valence-corrected chi connectivity index (χ4v) is 6.44. The van der Waals surface area contributed by atoms with Crippen molar-refractivity contribution >= 4 is 38.6 Å². The van der Waals surface area contributed by atoms with Crippen molar-refractivity contribution in [3.8, 4) is 0 Å². The predicted molar refractivity (Wildman–Crippen MR) is 142 cm³/mol. The lowest BCUT2D eigenvalue weighted by Crippen LogP contribution is -2.36. The second-order valence-corrected chi connectivity index (χ2v) is 11.7. The van der Waals surface area contributed by atoms with Gasteiger partial charge in [0.2, 0.25) is 16.0 Å². The molecular weight excluding hydrogens is 476 g/mol. The van der Waals surface area contributed by atoms with E-state index in [1.54, 1.807) is 30.6 Å². The Balaban J connectivity index is 1.35. The standard InChI is InChI=1S/C25H36N8O2S/c1-2-33-16-27-22-23(30-25(31-24(22)33)29-19-10-8-17(26)9-11-19)28-18-12-14-21(15-13-18)36(34,35)32-20-6-4-3-5-7-20/h12-17,19-20,32H,2-11,26H2,1H3,(H2,28,29,30,31)/t17-,19-. The zero-order chi connectivity index (χ0) is 25.1. The predicted octanol–water partition coefficient (Wildman–Crippen LogP) is 3.88. The summed E-state index contributed by atoms with van der Waals surface area (Å²) in [4.78, 5) is 14.3. The van der Waals surface area contributed by atoms with Gasteiger partial charge in [0.1, 0.15) is 0 Å². The van der Waals surface area contributed by atoms with E-state index in [1.807, 2.05) is 11.5 Å². The number of sulfonamides is 1. The number of aryl methyl sites for hydroxylation is 1. The largest absolute Gasteiger partial charge is 0.351 e. The van der Waals surface area contributed by atoms with Gasteiger partial charge in [-0.25, -0.2) is 18.1 Å². The van der Waals surface area contributed by atoms with Crippen LogP contribution in [0.25, 0.3) is 11.2 Å². The summed E-state index contributed by atoms with van der Waals surface area (Å²) in [5.74, 6) is 1.13. The zero-order valence-electron chi connectivity index (χ0n) is 20.8. The molecule has 11 heteroatoms. The third kappa shape index (κ3) is 5.63. The number of anilines is 3. The lowest BCUT2D eigenvalue weighted by molar-refractivity contribution is 0.410. The van der Waals surface area contributed by atoms with Gasteiger partial charge in [-0.2, -0.15) is 9.97 Å². The number of nitrogens with one attached hydrogen (secondary N) is 3. The van der Waals surface area contributed by atoms with Crippen molar-refractivity contribution in [2.45, 2.75) is 94.3 Å². The van der Waals surface area contributed by atoms with Gasteiger partial charge in [-0.15, -0.1) is 0 Å². The summed E-state index contributed by atoms with van der Waals surface area (Å²) in [5, 5.41) is 6.81. The Morgan fingerprint density at radius 2 is 1.69 bits per heavy atom. The molecule has 0 spiro atoms. The van der Waals surface area contributed by atoms with Crippen molar-refractivity contribution in [1.82, 2.24) is 24.2 Å². The molecule has 5 N–H and O–H groups in total.